The van der Waals surface area contributed by atoms with Gasteiger partial charge in [-0.1, -0.05) is 42.8 Å². The zero-order valence-corrected chi connectivity index (χ0v) is 17.6. The first-order valence-corrected chi connectivity index (χ1v) is 11.0. The first-order chi connectivity index (χ1) is 14.7. The molecule has 1 aromatic carbocycles. The number of fused-ring (bicyclic) bond motifs is 1. The number of nitrogens with zero attached hydrogens (tertiary/aromatic N) is 2. The van der Waals surface area contributed by atoms with Gasteiger partial charge in [-0.05, 0) is 56.0 Å². The summed E-state index contributed by atoms with van der Waals surface area (Å²) in [6.45, 7) is 4.46. The number of carboxylic acids is 1. The lowest BCUT2D eigenvalue weighted by atomic mass is 9.97. The lowest BCUT2D eigenvalue weighted by molar-refractivity contribution is -0.137. The smallest absolute Gasteiger partial charge is 0.304 e. The van der Waals surface area contributed by atoms with Crippen molar-refractivity contribution in [2.45, 2.75) is 51.0 Å². The van der Waals surface area contributed by atoms with Crippen molar-refractivity contribution in [3.05, 3.63) is 59.3 Å². The Morgan fingerprint density at radius 2 is 1.83 bits per heavy atom. The highest BCUT2D eigenvalue weighted by atomic mass is 16.4. The van der Waals surface area contributed by atoms with E-state index in [1.54, 1.807) is 0 Å². The number of anilines is 1. The number of rotatable bonds is 6. The summed E-state index contributed by atoms with van der Waals surface area (Å²) in [6, 6.07) is 13.6. The van der Waals surface area contributed by atoms with Gasteiger partial charge in [0.05, 0.1) is 18.7 Å². The molecule has 1 fully saturated rings. The zero-order valence-electron chi connectivity index (χ0n) is 17.6. The SMILES string of the molecule is O=C(O)CC(CO)c1ccccc1.c1cc2c(nc1CN1CCCCC1)NCCC2. The number of piperidine rings is 1. The summed E-state index contributed by atoms with van der Waals surface area (Å²) >= 11 is 0. The Morgan fingerprint density at radius 3 is 2.53 bits per heavy atom. The van der Waals surface area contributed by atoms with Gasteiger partial charge in [0.2, 0.25) is 0 Å². The van der Waals surface area contributed by atoms with Crippen LogP contribution in [0.3, 0.4) is 0 Å². The van der Waals surface area contributed by atoms with Crippen molar-refractivity contribution >= 4 is 11.8 Å². The molecule has 3 N–H and O–H groups in total. The first-order valence-electron chi connectivity index (χ1n) is 11.0. The van der Waals surface area contributed by atoms with Crippen LogP contribution < -0.4 is 5.32 Å². The molecule has 2 aromatic rings. The number of aryl methyl sites for hydroxylation is 1. The highest BCUT2D eigenvalue weighted by molar-refractivity contribution is 5.68. The van der Waals surface area contributed by atoms with E-state index in [1.165, 1.54) is 56.5 Å². The molecular weight excluding hydrogens is 378 g/mol. The van der Waals surface area contributed by atoms with Crippen molar-refractivity contribution in [2.24, 2.45) is 0 Å². The van der Waals surface area contributed by atoms with E-state index in [0.29, 0.717) is 0 Å². The topological polar surface area (TPSA) is 85.7 Å². The second-order valence-corrected chi connectivity index (χ2v) is 8.07. The molecule has 30 heavy (non-hydrogen) atoms. The quantitative estimate of drug-likeness (QED) is 0.673. The fourth-order valence-electron chi connectivity index (χ4n) is 4.03. The maximum Gasteiger partial charge on any atom is 0.304 e. The third-order valence-electron chi connectivity index (χ3n) is 5.70. The number of aromatic nitrogens is 1. The van der Waals surface area contributed by atoms with E-state index in [9.17, 15) is 4.79 Å². The molecule has 162 valence electrons. The fraction of sp³-hybridized carbons (Fsp3) is 0.500. The van der Waals surface area contributed by atoms with E-state index >= 15 is 0 Å². The number of aliphatic carboxylic acids is 1. The van der Waals surface area contributed by atoms with Crippen molar-refractivity contribution < 1.29 is 15.0 Å². The minimum Gasteiger partial charge on any atom is -0.481 e. The number of pyridine rings is 1. The molecule has 0 bridgehead atoms. The molecule has 1 unspecified atom stereocenters. The van der Waals surface area contributed by atoms with Crippen molar-refractivity contribution in [3.8, 4) is 0 Å². The van der Waals surface area contributed by atoms with E-state index in [-0.39, 0.29) is 18.9 Å². The summed E-state index contributed by atoms with van der Waals surface area (Å²) in [5.74, 6) is -0.0487. The summed E-state index contributed by atoms with van der Waals surface area (Å²) in [5.41, 5.74) is 3.48. The summed E-state index contributed by atoms with van der Waals surface area (Å²) in [6.07, 6.45) is 6.49. The molecule has 2 aliphatic rings. The van der Waals surface area contributed by atoms with E-state index in [4.69, 9.17) is 15.2 Å². The molecule has 0 aliphatic carbocycles. The van der Waals surface area contributed by atoms with E-state index in [2.05, 4.69) is 22.3 Å². The molecule has 1 aromatic heterocycles. The number of nitrogens with one attached hydrogen (secondary N) is 1. The second-order valence-electron chi connectivity index (χ2n) is 8.07. The predicted molar refractivity (Wildman–Crippen MR) is 119 cm³/mol. The monoisotopic (exact) mass is 411 g/mol. The summed E-state index contributed by atoms with van der Waals surface area (Å²) in [7, 11) is 0. The molecule has 2 aliphatic heterocycles. The number of carboxylic acid groups (broad SMARTS) is 1. The molecule has 0 saturated carbocycles. The van der Waals surface area contributed by atoms with E-state index in [1.807, 2.05) is 30.3 Å². The van der Waals surface area contributed by atoms with Gasteiger partial charge in [0, 0.05) is 19.0 Å². The van der Waals surface area contributed by atoms with Crippen LogP contribution in [0.15, 0.2) is 42.5 Å². The zero-order chi connectivity index (χ0) is 21.2. The normalized spacial score (nSPS) is 17.1. The van der Waals surface area contributed by atoms with Gasteiger partial charge in [-0.2, -0.15) is 0 Å². The van der Waals surface area contributed by atoms with Gasteiger partial charge < -0.3 is 15.5 Å². The number of aliphatic hydroxyl groups is 1. The maximum absolute atomic E-state index is 10.4. The highest BCUT2D eigenvalue weighted by Gasteiger charge is 2.15. The standard InChI is InChI=1S/C14H21N3.C10H12O3/c1-2-9-17(10-3-1)11-13-7-6-12-5-4-8-15-14(12)16-13;11-7-9(6-10(12)13)8-4-2-1-3-5-8/h6-7H,1-5,8-11H2,(H,15,16);1-5,9,11H,6-7H2,(H,12,13). The number of hydrogen-bond donors (Lipinski definition) is 3. The number of hydrogen-bond acceptors (Lipinski definition) is 5. The van der Waals surface area contributed by atoms with E-state index in [0.717, 1.165) is 24.5 Å². The second kappa shape index (κ2) is 11.7. The minimum absolute atomic E-state index is 0.0273. The van der Waals surface area contributed by atoms with Gasteiger partial charge in [-0.3, -0.25) is 9.69 Å². The molecule has 4 rings (SSSR count). The van der Waals surface area contributed by atoms with Crippen LogP contribution in [-0.4, -0.2) is 52.3 Å². The Kier molecular flexibility index (Phi) is 8.66. The number of aliphatic hydroxyl groups excluding tert-OH is 1. The van der Waals surface area contributed by atoms with Crippen LogP contribution in [0.2, 0.25) is 0 Å². The van der Waals surface area contributed by atoms with Gasteiger partial charge in [0.1, 0.15) is 5.82 Å². The Hall–Kier alpha value is -2.44. The highest BCUT2D eigenvalue weighted by Crippen LogP contribution is 2.21. The van der Waals surface area contributed by atoms with Crippen LogP contribution in [0.4, 0.5) is 5.82 Å². The number of likely N-dealkylation sites (tertiary alicyclic amines) is 1. The van der Waals surface area contributed by atoms with Crippen LogP contribution in [0.5, 0.6) is 0 Å². The van der Waals surface area contributed by atoms with Gasteiger partial charge in [-0.25, -0.2) is 4.98 Å². The Balaban J connectivity index is 0.000000178. The molecule has 3 heterocycles. The molecular formula is C24H33N3O3. The first kappa shape index (κ1) is 22.2. The predicted octanol–water partition coefficient (Wildman–Crippen LogP) is 3.66. The molecule has 6 nitrogen and oxygen atoms in total. The van der Waals surface area contributed by atoms with Crippen LogP contribution >= 0.6 is 0 Å². The minimum atomic E-state index is -0.886. The third-order valence-corrected chi connectivity index (χ3v) is 5.70. The lowest BCUT2D eigenvalue weighted by Gasteiger charge is -2.26. The summed E-state index contributed by atoms with van der Waals surface area (Å²) in [5, 5.41) is 20.9. The average molecular weight is 412 g/mol. The molecule has 0 radical (unpaired) electrons. The van der Waals surface area contributed by atoms with Crippen LogP contribution in [0.1, 0.15) is 54.8 Å². The Bertz CT molecular complexity index is 792. The molecule has 1 saturated heterocycles. The van der Waals surface area contributed by atoms with Crippen LogP contribution in [0.25, 0.3) is 0 Å². The van der Waals surface area contributed by atoms with Crippen molar-refractivity contribution in [3.63, 3.8) is 0 Å². The number of benzene rings is 1. The third kappa shape index (κ3) is 6.82. The van der Waals surface area contributed by atoms with Gasteiger partial charge in [0.15, 0.2) is 0 Å². The lowest BCUT2D eigenvalue weighted by Crippen LogP contribution is -2.29. The van der Waals surface area contributed by atoms with E-state index < -0.39 is 5.97 Å². The van der Waals surface area contributed by atoms with Crippen molar-refractivity contribution in [1.29, 1.82) is 0 Å². The largest absolute Gasteiger partial charge is 0.481 e. The molecule has 6 heteroatoms. The molecule has 0 amide bonds. The Labute approximate surface area is 179 Å². The van der Waals surface area contributed by atoms with Crippen LogP contribution in [0, 0.1) is 0 Å². The Morgan fingerprint density at radius 1 is 1.07 bits per heavy atom. The van der Waals surface area contributed by atoms with Gasteiger partial charge >= 0.3 is 5.97 Å². The number of carbonyl (C=O) groups is 1. The maximum atomic E-state index is 10.4. The van der Waals surface area contributed by atoms with Gasteiger partial charge in [0.25, 0.3) is 0 Å². The van der Waals surface area contributed by atoms with Gasteiger partial charge in [-0.15, -0.1) is 0 Å². The van der Waals surface area contributed by atoms with Crippen LogP contribution in [-0.2, 0) is 17.8 Å². The fourth-order valence-corrected chi connectivity index (χ4v) is 4.03. The summed E-state index contributed by atoms with van der Waals surface area (Å²) in [4.78, 5) is 17.7. The summed E-state index contributed by atoms with van der Waals surface area (Å²) < 4.78 is 0. The van der Waals surface area contributed by atoms with Crippen molar-refractivity contribution in [1.82, 2.24) is 9.88 Å². The average Bonchev–Trinajstić information content (AvgIpc) is 2.79. The molecule has 1 atom stereocenters. The van der Waals surface area contributed by atoms with Crippen molar-refractivity contribution in [2.75, 3.05) is 31.6 Å². The molecule has 0 spiro atoms.